The zero-order chi connectivity index (χ0) is 23.2. The van der Waals surface area contributed by atoms with Crippen molar-refractivity contribution in [1.29, 1.82) is 5.26 Å². The molecule has 2 heterocycles. The quantitative estimate of drug-likeness (QED) is 0.749. The number of benzene rings is 2. The third-order valence-electron chi connectivity index (χ3n) is 7.56. The van der Waals surface area contributed by atoms with Crippen molar-refractivity contribution >= 4 is 10.0 Å². The predicted molar refractivity (Wildman–Crippen MR) is 128 cm³/mol. The van der Waals surface area contributed by atoms with Crippen molar-refractivity contribution in [2.45, 2.75) is 63.1 Å². The molecule has 6 nitrogen and oxygen atoms in total. The Labute approximate surface area is 196 Å². The summed E-state index contributed by atoms with van der Waals surface area (Å²) in [6, 6.07) is 14.6. The van der Waals surface area contributed by atoms with Gasteiger partial charge in [0.25, 0.3) is 0 Å². The predicted octanol–water partition coefficient (Wildman–Crippen LogP) is 3.63. The Kier molecular flexibility index (Phi) is 5.72. The molecule has 1 fully saturated rings. The van der Waals surface area contributed by atoms with Crippen LogP contribution in [0.3, 0.4) is 0 Å². The molecule has 5 rings (SSSR count). The molecular formula is C26H31N3O3S. The minimum Gasteiger partial charge on any atom is -0.487 e. The lowest BCUT2D eigenvalue weighted by Gasteiger charge is -2.49. The monoisotopic (exact) mass is 465 g/mol. The lowest BCUT2D eigenvalue weighted by Crippen LogP contribution is -2.54. The summed E-state index contributed by atoms with van der Waals surface area (Å²) in [4.78, 5) is 2.58. The highest BCUT2D eigenvalue weighted by Gasteiger charge is 2.45. The van der Waals surface area contributed by atoms with E-state index < -0.39 is 10.0 Å². The van der Waals surface area contributed by atoms with E-state index in [-0.39, 0.29) is 11.6 Å². The molecule has 0 aromatic heterocycles. The van der Waals surface area contributed by atoms with Crippen molar-refractivity contribution in [2.24, 2.45) is 0 Å². The van der Waals surface area contributed by atoms with Crippen molar-refractivity contribution < 1.29 is 13.2 Å². The second-order valence-corrected chi connectivity index (χ2v) is 11.8. The second kappa shape index (κ2) is 8.43. The first kappa shape index (κ1) is 22.4. The summed E-state index contributed by atoms with van der Waals surface area (Å²) >= 11 is 0. The maximum atomic E-state index is 12.1. The van der Waals surface area contributed by atoms with E-state index in [0.29, 0.717) is 12.5 Å². The number of hydrogen-bond donors (Lipinski definition) is 1. The molecule has 33 heavy (non-hydrogen) atoms. The number of fused-ring (bicyclic) bond motifs is 2. The fourth-order valence-corrected chi connectivity index (χ4v) is 6.60. The van der Waals surface area contributed by atoms with Gasteiger partial charge in [-0.3, -0.25) is 4.90 Å². The van der Waals surface area contributed by atoms with Crippen LogP contribution in [0.25, 0.3) is 0 Å². The number of piperidine rings is 1. The number of nitriles is 1. The zero-order valence-corrected chi connectivity index (χ0v) is 20.1. The molecule has 1 aliphatic carbocycles. The van der Waals surface area contributed by atoms with Crippen LogP contribution in [0.2, 0.25) is 0 Å². The summed E-state index contributed by atoms with van der Waals surface area (Å²) in [6.45, 7) is 3.91. The van der Waals surface area contributed by atoms with Crippen molar-refractivity contribution in [3.8, 4) is 11.8 Å². The summed E-state index contributed by atoms with van der Waals surface area (Å²) in [7, 11) is -3.33. The number of nitrogens with one attached hydrogen (secondary N) is 1. The van der Waals surface area contributed by atoms with E-state index in [1.807, 2.05) is 37.3 Å². The molecule has 2 aromatic carbocycles. The van der Waals surface area contributed by atoms with Gasteiger partial charge in [-0.2, -0.15) is 5.26 Å². The molecule has 2 aromatic rings. The number of sulfonamides is 1. The van der Waals surface area contributed by atoms with Gasteiger partial charge < -0.3 is 4.74 Å². The van der Waals surface area contributed by atoms with Crippen molar-refractivity contribution in [2.75, 3.05) is 19.3 Å². The molecule has 0 saturated carbocycles. The number of aryl methyl sites for hydroxylation is 2. The van der Waals surface area contributed by atoms with Crippen LogP contribution in [0.1, 0.15) is 59.5 Å². The fraction of sp³-hybridized carbons (Fsp3) is 0.500. The number of rotatable bonds is 3. The molecule has 7 heteroatoms. The highest BCUT2D eigenvalue weighted by molar-refractivity contribution is 7.88. The Bertz CT molecular complexity index is 1210. The first-order valence-electron chi connectivity index (χ1n) is 11.8. The molecule has 0 radical (unpaired) electrons. The summed E-state index contributed by atoms with van der Waals surface area (Å²) in [5.41, 5.74) is 5.12. The van der Waals surface area contributed by atoms with Crippen LogP contribution in [0, 0.1) is 18.3 Å². The molecule has 174 valence electrons. The normalized spacial score (nSPS) is 24.4. The van der Waals surface area contributed by atoms with Crippen molar-refractivity contribution in [3.05, 3.63) is 64.2 Å². The van der Waals surface area contributed by atoms with E-state index in [1.54, 1.807) is 0 Å². The summed E-state index contributed by atoms with van der Waals surface area (Å²) in [5.74, 6) is 0.807. The number of nitrogens with zero attached hydrogens (tertiary/aromatic N) is 2. The smallest absolute Gasteiger partial charge is 0.209 e. The molecule has 3 aliphatic rings. The molecule has 2 atom stereocenters. The minimum absolute atomic E-state index is 0.258. The summed E-state index contributed by atoms with van der Waals surface area (Å²) in [6.07, 6.45) is 6.81. The standard InChI is InChI=1S/C26H31N3O3S/c1-18-3-8-25-23(13-18)24(28-33(2,30)31)16-26(32-25)9-11-29(12-10-26)22-7-6-20-14-19(17-27)4-5-21(20)15-22/h3-5,8,13-14,22,24,28H,6-7,9-12,15-16H2,1-2H3/t22-,24+/m1/s1. The van der Waals surface area contributed by atoms with E-state index in [1.165, 1.54) is 17.4 Å². The molecule has 0 bridgehead atoms. The first-order valence-corrected chi connectivity index (χ1v) is 13.7. The van der Waals surface area contributed by atoms with Gasteiger partial charge in [-0.15, -0.1) is 0 Å². The van der Waals surface area contributed by atoms with E-state index >= 15 is 0 Å². The van der Waals surface area contributed by atoms with Gasteiger partial charge in [0.2, 0.25) is 10.0 Å². The molecule has 1 spiro atoms. The van der Waals surface area contributed by atoms with Gasteiger partial charge in [-0.05, 0) is 68.4 Å². The van der Waals surface area contributed by atoms with E-state index in [4.69, 9.17) is 10.00 Å². The number of likely N-dealkylation sites (tertiary alicyclic amines) is 1. The lowest BCUT2D eigenvalue weighted by atomic mass is 9.79. The summed E-state index contributed by atoms with van der Waals surface area (Å²) < 4.78 is 33.6. The van der Waals surface area contributed by atoms with Crippen LogP contribution < -0.4 is 9.46 Å². The van der Waals surface area contributed by atoms with Gasteiger partial charge in [0.1, 0.15) is 11.4 Å². The van der Waals surface area contributed by atoms with Crippen LogP contribution in [-0.4, -0.2) is 44.3 Å². The molecule has 1 N–H and O–H groups in total. The van der Waals surface area contributed by atoms with E-state index in [0.717, 1.165) is 67.6 Å². The highest BCUT2D eigenvalue weighted by Crippen LogP contribution is 2.45. The molecule has 1 saturated heterocycles. The van der Waals surface area contributed by atoms with E-state index in [9.17, 15) is 8.42 Å². The van der Waals surface area contributed by atoms with Crippen molar-refractivity contribution in [1.82, 2.24) is 9.62 Å². The van der Waals surface area contributed by atoms with Crippen LogP contribution in [0.5, 0.6) is 5.75 Å². The van der Waals surface area contributed by atoms with Gasteiger partial charge in [0.05, 0.1) is 23.9 Å². The molecule has 0 unspecified atom stereocenters. The number of ether oxygens (including phenoxy) is 1. The second-order valence-electron chi connectivity index (χ2n) is 10.0. The average molecular weight is 466 g/mol. The first-order chi connectivity index (χ1) is 15.7. The maximum Gasteiger partial charge on any atom is 0.209 e. The van der Waals surface area contributed by atoms with Crippen LogP contribution >= 0.6 is 0 Å². The highest BCUT2D eigenvalue weighted by atomic mass is 32.2. The Morgan fingerprint density at radius 2 is 1.94 bits per heavy atom. The Hall–Kier alpha value is -2.40. The van der Waals surface area contributed by atoms with Crippen LogP contribution in [0.15, 0.2) is 36.4 Å². The van der Waals surface area contributed by atoms with Crippen molar-refractivity contribution in [3.63, 3.8) is 0 Å². The van der Waals surface area contributed by atoms with Gasteiger partial charge in [-0.1, -0.05) is 23.8 Å². The van der Waals surface area contributed by atoms with Gasteiger partial charge >= 0.3 is 0 Å². The Morgan fingerprint density at radius 1 is 1.15 bits per heavy atom. The fourth-order valence-electron chi connectivity index (χ4n) is 5.87. The topological polar surface area (TPSA) is 82.4 Å². The molecular weight excluding hydrogens is 434 g/mol. The largest absolute Gasteiger partial charge is 0.487 e. The third-order valence-corrected chi connectivity index (χ3v) is 8.28. The van der Waals surface area contributed by atoms with Gasteiger partial charge in [0, 0.05) is 31.1 Å². The minimum atomic E-state index is -3.33. The van der Waals surface area contributed by atoms with Gasteiger partial charge in [-0.25, -0.2) is 13.1 Å². The molecule has 0 amide bonds. The third kappa shape index (κ3) is 4.65. The van der Waals surface area contributed by atoms with Crippen LogP contribution in [-0.2, 0) is 22.9 Å². The average Bonchev–Trinajstić information content (AvgIpc) is 2.78. The van der Waals surface area contributed by atoms with Gasteiger partial charge in [0.15, 0.2) is 0 Å². The van der Waals surface area contributed by atoms with E-state index in [2.05, 4.69) is 21.8 Å². The number of hydrogen-bond acceptors (Lipinski definition) is 5. The molecule has 2 aliphatic heterocycles. The Morgan fingerprint density at radius 3 is 2.67 bits per heavy atom. The maximum absolute atomic E-state index is 12.1. The zero-order valence-electron chi connectivity index (χ0n) is 19.3. The van der Waals surface area contributed by atoms with Crippen LogP contribution in [0.4, 0.5) is 0 Å². The lowest BCUT2D eigenvalue weighted by molar-refractivity contribution is -0.0336. The SMILES string of the molecule is Cc1ccc2c(c1)[C@@H](NS(C)(=O)=O)CC1(CCN([C@@H]3CCc4cc(C#N)ccc4C3)CC1)O2. The summed E-state index contributed by atoms with van der Waals surface area (Å²) in [5, 5.41) is 9.16. The Balaban J connectivity index is 1.30.